The Kier molecular flexibility index (Phi) is 7.15. The third-order valence-corrected chi connectivity index (χ3v) is 5.91. The monoisotopic (exact) mass is 538 g/mol. The molecule has 29 heavy (non-hydrogen) atoms. The van der Waals surface area contributed by atoms with E-state index < -0.39 is 17.1 Å². The summed E-state index contributed by atoms with van der Waals surface area (Å²) in [7, 11) is 0. The van der Waals surface area contributed by atoms with Crippen molar-refractivity contribution in [3.05, 3.63) is 61.9 Å². The van der Waals surface area contributed by atoms with Crippen molar-refractivity contribution in [1.82, 2.24) is 4.90 Å². The molecule has 150 valence electrons. The van der Waals surface area contributed by atoms with Crippen LogP contribution in [0, 0.1) is 0 Å². The third kappa shape index (κ3) is 5.49. The van der Waals surface area contributed by atoms with Gasteiger partial charge in [-0.15, -0.1) is 0 Å². The van der Waals surface area contributed by atoms with Gasteiger partial charge in [0.25, 0.3) is 11.1 Å². The Hall–Kier alpha value is -2.10. The van der Waals surface area contributed by atoms with Gasteiger partial charge in [-0.3, -0.25) is 19.3 Å². The van der Waals surface area contributed by atoms with Gasteiger partial charge in [0.2, 0.25) is 5.91 Å². The summed E-state index contributed by atoms with van der Waals surface area (Å²) in [4.78, 5) is 38.3. The molecule has 0 aliphatic carbocycles. The van der Waals surface area contributed by atoms with Gasteiger partial charge in [0.05, 0.1) is 16.0 Å². The van der Waals surface area contributed by atoms with E-state index in [4.69, 9.17) is 4.74 Å². The minimum atomic E-state index is -0.490. The topological polar surface area (TPSA) is 75.7 Å². The van der Waals surface area contributed by atoms with Gasteiger partial charge in [-0.25, -0.2) is 0 Å². The van der Waals surface area contributed by atoms with E-state index in [0.29, 0.717) is 18.0 Å². The van der Waals surface area contributed by atoms with Crippen molar-refractivity contribution in [1.29, 1.82) is 0 Å². The fraction of sp³-hybridized carbons (Fsp3) is 0.150. The maximum absolute atomic E-state index is 12.6. The summed E-state index contributed by atoms with van der Waals surface area (Å²) < 4.78 is 7.10. The van der Waals surface area contributed by atoms with Crippen molar-refractivity contribution in [2.45, 2.75) is 6.92 Å². The molecule has 1 heterocycles. The predicted octanol–water partition coefficient (Wildman–Crippen LogP) is 5.29. The molecule has 0 spiro atoms. The van der Waals surface area contributed by atoms with Crippen molar-refractivity contribution in [3.63, 3.8) is 0 Å². The Labute approximate surface area is 188 Å². The second-order valence-corrected chi connectivity index (χ2v) is 8.71. The lowest BCUT2D eigenvalue weighted by Gasteiger charge is -2.12. The van der Waals surface area contributed by atoms with Gasteiger partial charge in [0, 0.05) is 10.2 Å². The highest BCUT2D eigenvalue weighted by Crippen LogP contribution is 2.33. The van der Waals surface area contributed by atoms with Crippen LogP contribution >= 0.6 is 43.6 Å². The maximum atomic E-state index is 12.6. The molecule has 0 bridgehead atoms. The van der Waals surface area contributed by atoms with Crippen LogP contribution in [0.2, 0.25) is 0 Å². The van der Waals surface area contributed by atoms with Gasteiger partial charge in [0.1, 0.15) is 12.3 Å². The van der Waals surface area contributed by atoms with E-state index in [9.17, 15) is 14.4 Å². The molecule has 2 aromatic carbocycles. The molecular weight excluding hydrogens is 524 g/mol. The minimum Gasteiger partial charge on any atom is -0.493 e. The van der Waals surface area contributed by atoms with Crippen LogP contribution in [0.25, 0.3) is 6.08 Å². The number of rotatable bonds is 6. The van der Waals surface area contributed by atoms with Gasteiger partial charge < -0.3 is 10.1 Å². The van der Waals surface area contributed by atoms with Gasteiger partial charge in [-0.2, -0.15) is 0 Å². The summed E-state index contributed by atoms with van der Waals surface area (Å²) in [6.07, 6.45) is 1.62. The number of ether oxygens (including phenoxy) is 1. The number of anilines is 1. The standard InChI is InChI=1S/C20H16Br2N2O4S/c1-2-28-16-8-3-12(9-15(16)22)10-17-19(26)24(20(27)29-17)11-18(25)23-14-6-4-13(21)5-7-14/h3-10H,2,11H2,1H3,(H,23,25)/b17-10-. The molecule has 0 radical (unpaired) electrons. The average Bonchev–Trinajstić information content (AvgIpc) is 2.93. The number of carbonyl (C=O) groups is 3. The molecule has 6 nitrogen and oxygen atoms in total. The summed E-state index contributed by atoms with van der Waals surface area (Å²) >= 11 is 7.56. The first-order chi connectivity index (χ1) is 13.9. The number of benzene rings is 2. The van der Waals surface area contributed by atoms with Crippen molar-refractivity contribution in [2.24, 2.45) is 0 Å². The number of hydrogen-bond acceptors (Lipinski definition) is 5. The molecule has 1 aliphatic heterocycles. The smallest absolute Gasteiger partial charge is 0.294 e. The van der Waals surface area contributed by atoms with E-state index in [0.717, 1.165) is 31.2 Å². The van der Waals surface area contributed by atoms with Crippen LogP contribution in [-0.4, -0.2) is 35.1 Å². The Bertz CT molecular complexity index is 992. The van der Waals surface area contributed by atoms with Crippen LogP contribution in [0.15, 0.2) is 56.3 Å². The number of hydrogen-bond donors (Lipinski definition) is 1. The highest BCUT2D eigenvalue weighted by atomic mass is 79.9. The van der Waals surface area contributed by atoms with Gasteiger partial charge in [0.15, 0.2) is 0 Å². The summed E-state index contributed by atoms with van der Waals surface area (Å²) in [5.74, 6) is -0.238. The van der Waals surface area contributed by atoms with Crippen LogP contribution in [0.5, 0.6) is 5.75 Å². The van der Waals surface area contributed by atoms with Crippen molar-refractivity contribution in [3.8, 4) is 5.75 Å². The van der Waals surface area contributed by atoms with Crippen molar-refractivity contribution >= 4 is 72.4 Å². The summed E-state index contributed by atoms with van der Waals surface area (Å²) in [6.45, 7) is 2.09. The SMILES string of the molecule is CCOc1ccc(/C=C2\SC(=O)N(CC(=O)Nc3ccc(Br)cc3)C2=O)cc1Br. The first kappa shape index (κ1) is 21.6. The number of thioether (sulfide) groups is 1. The Morgan fingerprint density at radius 3 is 2.55 bits per heavy atom. The highest BCUT2D eigenvalue weighted by molar-refractivity contribution is 9.10. The number of amides is 3. The van der Waals surface area contributed by atoms with E-state index in [-0.39, 0.29) is 11.4 Å². The van der Waals surface area contributed by atoms with Crippen LogP contribution in [0.3, 0.4) is 0 Å². The lowest BCUT2D eigenvalue weighted by molar-refractivity contribution is -0.127. The summed E-state index contributed by atoms with van der Waals surface area (Å²) in [5, 5.41) is 2.20. The van der Waals surface area contributed by atoms with Gasteiger partial charge in [-0.1, -0.05) is 22.0 Å². The third-order valence-electron chi connectivity index (χ3n) is 3.86. The van der Waals surface area contributed by atoms with E-state index in [1.165, 1.54) is 0 Å². The van der Waals surface area contributed by atoms with Gasteiger partial charge in [-0.05, 0) is 82.7 Å². The van der Waals surface area contributed by atoms with Crippen LogP contribution in [0.1, 0.15) is 12.5 Å². The summed E-state index contributed by atoms with van der Waals surface area (Å²) in [5.41, 5.74) is 1.32. The van der Waals surface area contributed by atoms with Crippen LogP contribution < -0.4 is 10.1 Å². The summed E-state index contributed by atoms with van der Waals surface area (Å²) in [6, 6.07) is 12.4. The number of carbonyl (C=O) groups excluding carboxylic acids is 3. The lowest BCUT2D eigenvalue weighted by Crippen LogP contribution is -2.36. The zero-order chi connectivity index (χ0) is 21.0. The normalized spacial score (nSPS) is 15.1. The molecule has 0 aromatic heterocycles. The molecular formula is C20H16Br2N2O4S. The molecule has 1 N–H and O–H groups in total. The highest BCUT2D eigenvalue weighted by Gasteiger charge is 2.36. The van der Waals surface area contributed by atoms with Crippen LogP contribution in [0.4, 0.5) is 10.5 Å². The predicted molar refractivity (Wildman–Crippen MR) is 121 cm³/mol. The van der Waals surface area contributed by atoms with E-state index in [1.807, 2.05) is 6.92 Å². The zero-order valence-corrected chi connectivity index (χ0v) is 19.3. The fourth-order valence-electron chi connectivity index (χ4n) is 2.54. The molecule has 2 aromatic rings. The molecule has 1 aliphatic rings. The minimum absolute atomic E-state index is 0.266. The molecule has 1 fully saturated rings. The molecule has 1 saturated heterocycles. The molecule has 3 rings (SSSR count). The molecule has 0 saturated carbocycles. The maximum Gasteiger partial charge on any atom is 0.294 e. The molecule has 0 atom stereocenters. The van der Waals surface area contributed by atoms with Crippen molar-refractivity contribution in [2.75, 3.05) is 18.5 Å². The van der Waals surface area contributed by atoms with Gasteiger partial charge >= 0.3 is 0 Å². The number of nitrogens with zero attached hydrogens (tertiary/aromatic N) is 1. The second-order valence-electron chi connectivity index (χ2n) is 5.95. The molecule has 9 heteroatoms. The molecule has 3 amide bonds. The van der Waals surface area contributed by atoms with Crippen LogP contribution in [-0.2, 0) is 9.59 Å². The van der Waals surface area contributed by atoms with Crippen molar-refractivity contribution < 1.29 is 19.1 Å². The fourth-order valence-corrected chi connectivity index (χ4v) is 4.16. The van der Waals surface area contributed by atoms with E-state index >= 15 is 0 Å². The Balaban J connectivity index is 1.69. The zero-order valence-electron chi connectivity index (χ0n) is 15.3. The lowest BCUT2D eigenvalue weighted by atomic mass is 10.2. The van der Waals surface area contributed by atoms with E-state index in [2.05, 4.69) is 37.2 Å². The molecule has 0 unspecified atom stereocenters. The average molecular weight is 540 g/mol. The first-order valence-electron chi connectivity index (χ1n) is 8.60. The number of halogens is 2. The second kappa shape index (κ2) is 9.60. The Morgan fingerprint density at radius 1 is 1.17 bits per heavy atom. The van der Waals surface area contributed by atoms with E-state index in [1.54, 1.807) is 48.5 Å². The Morgan fingerprint density at radius 2 is 1.90 bits per heavy atom. The largest absolute Gasteiger partial charge is 0.493 e. The first-order valence-corrected chi connectivity index (χ1v) is 11.0. The number of nitrogens with one attached hydrogen (secondary N) is 1. The number of imide groups is 1. The quantitative estimate of drug-likeness (QED) is 0.505.